The molecule has 3 aromatic carbocycles. The molecular formula is C24H26O6S2. The van der Waals surface area contributed by atoms with Gasteiger partial charge < -0.3 is 9.47 Å². The Morgan fingerprint density at radius 3 is 1.25 bits per heavy atom. The largest absolute Gasteiger partial charge is 0.489 e. The molecule has 3 rings (SSSR count). The van der Waals surface area contributed by atoms with E-state index in [1.54, 1.807) is 72.8 Å². The third-order valence-electron chi connectivity index (χ3n) is 4.83. The summed E-state index contributed by atoms with van der Waals surface area (Å²) in [5, 5.41) is 0. The molecule has 0 spiro atoms. The van der Waals surface area contributed by atoms with Crippen LogP contribution in [-0.2, 0) is 19.7 Å². The van der Waals surface area contributed by atoms with E-state index in [-0.39, 0.29) is 34.5 Å². The number of aryl methyl sites for hydroxylation is 2. The predicted molar refractivity (Wildman–Crippen MR) is 124 cm³/mol. The van der Waals surface area contributed by atoms with Crippen molar-refractivity contribution in [3.8, 4) is 11.5 Å². The minimum atomic E-state index is -3.48. The maximum absolute atomic E-state index is 12.5. The minimum absolute atomic E-state index is 0.0573. The fourth-order valence-corrected chi connectivity index (χ4v) is 5.12. The Morgan fingerprint density at radius 1 is 0.562 bits per heavy atom. The summed E-state index contributed by atoms with van der Waals surface area (Å²) in [5.41, 5.74) is 1.96. The van der Waals surface area contributed by atoms with Crippen LogP contribution < -0.4 is 9.47 Å². The van der Waals surface area contributed by atoms with Crippen LogP contribution in [0.2, 0.25) is 0 Å². The van der Waals surface area contributed by atoms with Crippen molar-refractivity contribution in [1.82, 2.24) is 0 Å². The zero-order valence-electron chi connectivity index (χ0n) is 18.0. The van der Waals surface area contributed by atoms with Crippen LogP contribution in [0.15, 0.2) is 82.6 Å². The van der Waals surface area contributed by atoms with Gasteiger partial charge in [-0.15, -0.1) is 0 Å². The molecular weight excluding hydrogens is 448 g/mol. The molecule has 8 heteroatoms. The van der Waals surface area contributed by atoms with Gasteiger partial charge in [0.2, 0.25) is 0 Å². The molecule has 0 saturated heterocycles. The molecule has 0 aliphatic carbocycles. The molecule has 170 valence electrons. The third kappa shape index (κ3) is 6.34. The summed E-state index contributed by atoms with van der Waals surface area (Å²) in [6, 6.07) is 20.1. The Morgan fingerprint density at radius 2 is 0.906 bits per heavy atom. The molecule has 0 atom stereocenters. The van der Waals surface area contributed by atoms with Gasteiger partial charge in [-0.1, -0.05) is 47.5 Å². The number of benzene rings is 3. The molecule has 32 heavy (non-hydrogen) atoms. The van der Waals surface area contributed by atoms with Crippen molar-refractivity contribution in [3.05, 3.63) is 83.9 Å². The molecule has 0 heterocycles. The van der Waals surface area contributed by atoms with Crippen molar-refractivity contribution in [3.63, 3.8) is 0 Å². The van der Waals surface area contributed by atoms with Crippen LogP contribution in [0, 0.1) is 13.8 Å². The smallest absolute Gasteiger partial charge is 0.181 e. The lowest BCUT2D eigenvalue weighted by atomic mass is 10.2. The van der Waals surface area contributed by atoms with Gasteiger partial charge in [0.05, 0.1) is 21.3 Å². The van der Waals surface area contributed by atoms with Gasteiger partial charge >= 0.3 is 0 Å². The maximum atomic E-state index is 12.5. The highest BCUT2D eigenvalue weighted by Gasteiger charge is 2.17. The third-order valence-corrected chi connectivity index (χ3v) is 8.22. The van der Waals surface area contributed by atoms with E-state index in [4.69, 9.17) is 9.47 Å². The average molecular weight is 475 g/mol. The number of hydrogen-bond acceptors (Lipinski definition) is 6. The fraction of sp³-hybridized carbons (Fsp3) is 0.250. The Hall–Kier alpha value is -2.84. The first-order valence-electron chi connectivity index (χ1n) is 10.1. The molecule has 6 nitrogen and oxygen atoms in total. The van der Waals surface area contributed by atoms with E-state index in [1.807, 2.05) is 13.8 Å². The number of ether oxygens (including phenoxy) is 2. The molecule has 3 aromatic rings. The van der Waals surface area contributed by atoms with E-state index in [9.17, 15) is 16.8 Å². The Labute approximate surface area is 189 Å². The molecule has 0 aliphatic heterocycles. The van der Waals surface area contributed by atoms with Crippen molar-refractivity contribution in [2.45, 2.75) is 23.6 Å². The quantitative estimate of drug-likeness (QED) is 0.441. The van der Waals surface area contributed by atoms with E-state index >= 15 is 0 Å². The number of hydrogen-bond donors (Lipinski definition) is 0. The van der Waals surface area contributed by atoms with E-state index in [0.29, 0.717) is 11.5 Å². The van der Waals surface area contributed by atoms with Crippen LogP contribution in [0.1, 0.15) is 11.1 Å². The van der Waals surface area contributed by atoms with Crippen LogP contribution in [0.4, 0.5) is 0 Å². The molecule has 0 aliphatic rings. The standard InChI is InChI=1S/C24H26O6S2/c1-19-7-11-21(12-8-19)31(25,26)17-15-29-23-5-3-4-6-24(23)30-16-18-32(27,28)22-13-9-20(2)10-14-22/h3-14H,15-18H2,1-2H3. The Bertz CT molecular complexity index is 1150. The van der Waals surface area contributed by atoms with E-state index < -0.39 is 19.7 Å². The zero-order valence-corrected chi connectivity index (χ0v) is 19.7. The lowest BCUT2D eigenvalue weighted by molar-refractivity contribution is 0.289. The summed E-state index contributed by atoms with van der Waals surface area (Å²) >= 11 is 0. The summed E-state index contributed by atoms with van der Waals surface area (Å²) in [5.74, 6) is 0.344. The highest BCUT2D eigenvalue weighted by atomic mass is 32.2. The number of para-hydroxylation sites is 2. The number of sulfone groups is 2. The van der Waals surface area contributed by atoms with Crippen molar-refractivity contribution in [2.75, 3.05) is 24.7 Å². The summed E-state index contributed by atoms with van der Waals surface area (Å²) in [6.07, 6.45) is 0. The maximum Gasteiger partial charge on any atom is 0.181 e. The summed E-state index contributed by atoms with van der Waals surface area (Å²) < 4.78 is 61.2. The summed E-state index contributed by atoms with van der Waals surface area (Å²) in [6.45, 7) is 3.67. The van der Waals surface area contributed by atoms with Crippen molar-refractivity contribution in [1.29, 1.82) is 0 Å². The second-order valence-electron chi connectivity index (χ2n) is 7.41. The minimum Gasteiger partial charge on any atom is -0.489 e. The number of rotatable bonds is 10. The average Bonchev–Trinajstić information content (AvgIpc) is 2.75. The molecule has 0 fully saturated rings. The zero-order chi connectivity index (χ0) is 23.2. The van der Waals surface area contributed by atoms with Gasteiger partial charge in [0.25, 0.3) is 0 Å². The van der Waals surface area contributed by atoms with Crippen LogP contribution in [0.3, 0.4) is 0 Å². The van der Waals surface area contributed by atoms with Crippen molar-refractivity contribution in [2.24, 2.45) is 0 Å². The Balaban J connectivity index is 1.57. The highest BCUT2D eigenvalue weighted by molar-refractivity contribution is 7.91. The fourth-order valence-electron chi connectivity index (χ4n) is 2.94. The molecule has 0 aromatic heterocycles. The highest BCUT2D eigenvalue weighted by Crippen LogP contribution is 2.27. The second-order valence-corrected chi connectivity index (χ2v) is 11.6. The molecule has 0 amide bonds. The van der Waals surface area contributed by atoms with Crippen molar-refractivity contribution >= 4 is 19.7 Å². The molecule has 0 bridgehead atoms. The SMILES string of the molecule is Cc1ccc(S(=O)(=O)CCOc2ccccc2OCCS(=O)(=O)c2ccc(C)cc2)cc1. The van der Waals surface area contributed by atoms with Gasteiger partial charge in [0.15, 0.2) is 31.2 Å². The van der Waals surface area contributed by atoms with Crippen LogP contribution >= 0.6 is 0 Å². The van der Waals surface area contributed by atoms with Gasteiger partial charge in [0, 0.05) is 0 Å². The predicted octanol–water partition coefficient (Wildman–Crippen LogP) is 4.01. The van der Waals surface area contributed by atoms with Gasteiger partial charge in [-0.05, 0) is 50.2 Å². The molecule has 0 saturated carbocycles. The van der Waals surface area contributed by atoms with Gasteiger partial charge in [-0.2, -0.15) is 0 Å². The molecule has 0 unspecified atom stereocenters. The van der Waals surface area contributed by atoms with Crippen LogP contribution in [0.5, 0.6) is 11.5 Å². The normalized spacial score (nSPS) is 11.8. The second kappa shape index (κ2) is 10.2. The van der Waals surface area contributed by atoms with Gasteiger partial charge in [-0.25, -0.2) is 16.8 Å². The van der Waals surface area contributed by atoms with Crippen LogP contribution in [0.25, 0.3) is 0 Å². The summed E-state index contributed by atoms with van der Waals surface area (Å²) in [4.78, 5) is 0.495. The van der Waals surface area contributed by atoms with E-state index in [1.165, 1.54) is 0 Å². The first-order valence-corrected chi connectivity index (χ1v) is 13.4. The lowest BCUT2D eigenvalue weighted by Gasteiger charge is -2.13. The first-order chi connectivity index (χ1) is 15.2. The molecule has 0 radical (unpaired) electrons. The van der Waals surface area contributed by atoms with E-state index in [0.717, 1.165) is 11.1 Å². The Kier molecular flexibility index (Phi) is 7.58. The molecule has 0 N–H and O–H groups in total. The monoisotopic (exact) mass is 474 g/mol. The van der Waals surface area contributed by atoms with E-state index in [2.05, 4.69) is 0 Å². The first kappa shape index (κ1) is 23.8. The van der Waals surface area contributed by atoms with Crippen molar-refractivity contribution < 1.29 is 26.3 Å². The topological polar surface area (TPSA) is 86.7 Å². The lowest BCUT2D eigenvalue weighted by Crippen LogP contribution is -2.16. The van der Waals surface area contributed by atoms with Gasteiger partial charge in [-0.3, -0.25) is 0 Å². The summed E-state index contributed by atoms with van der Waals surface area (Å²) in [7, 11) is -6.95. The van der Waals surface area contributed by atoms with Crippen LogP contribution in [-0.4, -0.2) is 41.6 Å². The van der Waals surface area contributed by atoms with Gasteiger partial charge in [0.1, 0.15) is 13.2 Å².